The van der Waals surface area contributed by atoms with Crippen LogP contribution in [0.3, 0.4) is 0 Å². The summed E-state index contributed by atoms with van der Waals surface area (Å²) in [5, 5.41) is 2.71. The second kappa shape index (κ2) is 7.03. The summed E-state index contributed by atoms with van der Waals surface area (Å²) >= 11 is 0. The van der Waals surface area contributed by atoms with E-state index in [1.807, 2.05) is 25.3 Å². The molecule has 1 aromatic carbocycles. The van der Waals surface area contributed by atoms with Crippen LogP contribution in [0.4, 0.5) is 11.4 Å². The fourth-order valence-corrected chi connectivity index (χ4v) is 3.23. The Kier molecular flexibility index (Phi) is 4.79. The first kappa shape index (κ1) is 17.7. The number of carbonyl (C=O) groups is 3. The lowest BCUT2D eigenvalue weighted by molar-refractivity contribution is -0.124. The monoisotopic (exact) mass is 355 g/mol. The number of carbonyl (C=O) groups excluding carboxylic acids is 3. The third kappa shape index (κ3) is 3.20. The summed E-state index contributed by atoms with van der Waals surface area (Å²) in [5.74, 6) is -1.26. The lowest BCUT2D eigenvalue weighted by Gasteiger charge is -2.28. The molecule has 2 aromatic rings. The van der Waals surface area contributed by atoms with Crippen molar-refractivity contribution < 1.29 is 19.1 Å². The standard InChI is InChI=1S/C19H21N3O4/c1-4-21-12(2)9-14(13(21)3)19(25)26-11-18(24)22-10-17(23)20-15-7-5-6-8-16(15)22/h5-9H,4,10-11H2,1-3H3,(H,20,23). The number of hydrogen-bond acceptors (Lipinski definition) is 4. The van der Waals surface area contributed by atoms with Gasteiger partial charge in [-0.05, 0) is 39.0 Å². The molecule has 0 saturated heterocycles. The molecule has 1 aromatic heterocycles. The number of nitrogens with zero attached hydrogens (tertiary/aromatic N) is 2. The molecule has 0 radical (unpaired) electrons. The SMILES string of the molecule is CCn1c(C)cc(C(=O)OCC(=O)N2CC(=O)Nc3ccccc32)c1C. The van der Waals surface area contributed by atoms with E-state index in [1.54, 1.807) is 30.3 Å². The Morgan fingerprint density at radius 2 is 1.96 bits per heavy atom. The number of fused-ring (bicyclic) bond motifs is 1. The van der Waals surface area contributed by atoms with Crippen molar-refractivity contribution in [3.05, 3.63) is 47.3 Å². The number of nitrogens with one attached hydrogen (secondary N) is 1. The number of aryl methyl sites for hydroxylation is 1. The molecule has 2 heterocycles. The second-order valence-electron chi connectivity index (χ2n) is 6.15. The normalized spacial score (nSPS) is 13.2. The van der Waals surface area contributed by atoms with Crippen molar-refractivity contribution in [3.63, 3.8) is 0 Å². The highest BCUT2D eigenvalue weighted by Crippen LogP contribution is 2.28. The minimum absolute atomic E-state index is 0.0995. The number of ether oxygens (including phenoxy) is 1. The predicted molar refractivity (Wildman–Crippen MR) is 97.3 cm³/mol. The number of aromatic nitrogens is 1. The van der Waals surface area contributed by atoms with Gasteiger partial charge in [0.2, 0.25) is 5.91 Å². The Labute approximate surface area is 151 Å². The molecule has 0 spiro atoms. The summed E-state index contributed by atoms with van der Waals surface area (Å²) in [7, 11) is 0. The van der Waals surface area contributed by atoms with Crippen molar-refractivity contribution in [3.8, 4) is 0 Å². The van der Waals surface area contributed by atoms with Crippen LogP contribution in [-0.4, -0.2) is 35.5 Å². The van der Waals surface area contributed by atoms with Crippen LogP contribution < -0.4 is 10.2 Å². The Hall–Kier alpha value is -3.09. The Morgan fingerprint density at radius 3 is 2.65 bits per heavy atom. The van der Waals surface area contributed by atoms with Crippen LogP contribution in [0.25, 0.3) is 0 Å². The van der Waals surface area contributed by atoms with Gasteiger partial charge in [0.15, 0.2) is 6.61 Å². The van der Waals surface area contributed by atoms with E-state index in [0.29, 0.717) is 16.9 Å². The third-order valence-corrected chi connectivity index (χ3v) is 4.51. The average molecular weight is 355 g/mol. The van der Waals surface area contributed by atoms with Crippen molar-refractivity contribution in [1.82, 2.24) is 4.57 Å². The van der Waals surface area contributed by atoms with Crippen LogP contribution in [0.1, 0.15) is 28.7 Å². The van der Waals surface area contributed by atoms with E-state index >= 15 is 0 Å². The van der Waals surface area contributed by atoms with Crippen molar-refractivity contribution in [1.29, 1.82) is 0 Å². The molecule has 0 bridgehead atoms. The molecular formula is C19H21N3O4. The first-order chi connectivity index (χ1) is 12.4. The fraction of sp³-hybridized carbons (Fsp3) is 0.316. The van der Waals surface area contributed by atoms with Crippen molar-refractivity contribution in [2.45, 2.75) is 27.3 Å². The largest absolute Gasteiger partial charge is 0.452 e. The van der Waals surface area contributed by atoms with Crippen LogP contribution in [0.2, 0.25) is 0 Å². The number of anilines is 2. The first-order valence-corrected chi connectivity index (χ1v) is 8.45. The van der Waals surface area contributed by atoms with Gasteiger partial charge >= 0.3 is 5.97 Å². The zero-order valence-electron chi connectivity index (χ0n) is 15.0. The van der Waals surface area contributed by atoms with Crippen LogP contribution in [-0.2, 0) is 20.9 Å². The van der Waals surface area contributed by atoms with Gasteiger partial charge in [-0.15, -0.1) is 0 Å². The highest BCUT2D eigenvalue weighted by atomic mass is 16.5. The molecule has 1 N–H and O–H groups in total. The van der Waals surface area contributed by atoms with E-state index in [9.17, 15) is 14.4 Å². The number of rotatable bonds is 4. The van der Waals surface area contributed by atoms with Gasteiger partial charge in [0, 0.05) is 17.9 Å². The quantitative estimate of drug-likeness (QED) is 0.853. The van der Waals surface area contributed by atoms with Gasteiger partial charge in [-0.3, -0.25) is 14.5 Å². The maximum absolute atomic E-state index is 12.5. The zero-order valence-corrected chi connectivity index (χ0v) is 15.0. The number of amides is 2. The molecule has 136 valence electrons. The van der Waals surface area contributed by atoms with Crippen molar-refractivity contribution in [2.75, 3.05) is 23.4 Å². The molecule has 1 aliphatic rings. The first-order valence-electron chi connectivity index (χ1n) is 8.45. The molecule has 2 amide bonds. The lowest BCUT2D eigenvalue weighted by Crippen LogP contribution is -2.44. The number of esters is 1. The predicted octanol–water partition coefficient (Wildman–Crippen LogP) is 2.27. The van der Waals surface area contributed by atoms with Crippen molar-refractivity contribution in [2.24, 2.45) is 0 Å². The maximum atomic E-state index is 12.5. The van der Waals surface area contributed by atoms with Gasteiger partial charge in [0.25, 0.3) is 5.91 Å². The highest BCUT2D eigenvalue weighted by molar-refractivity contribution is 6.10. The van der Waals surface area contributed by atoms with E-state index < -0.39 is 18.5 Å². The summed E-state index contributed by atoms with van der Waals surface area (Å²) < 4.78 is 7.22. The summed E-state index contributed by atoms with van der Waals surface area (Å²) in [4.78, 5) is 38.0. The summed E-state index contributed by atoms with van der Waals surface area (Å²) in [6.45, 7) is 6.00. The van der Waals surface area contributed by atoms with Gasteiger partial charge in [0.05, 0.1) is 16.9 Å². The summed E-state index contributed by atoms with van der Waals surface area (Å²) in [6.07, 6.45) is 0. The molecule has 7 nitrogen and oxygen atoms in total. The average Bonchev–Trinajstić information content (AvgIpc) is 2.92. The van der Waals surface area contributed by atoms with Crippen LogP contribution in [0, 0.1) is 13.8 Å². The van der Waals surface area contributed by atoms with E-state index in [-0.39, 0.29) is 12.5 Å². The van der Waals surface area contributed by atoms with E-state index in [1.165, 1.54) is 4.90 Å². The number of benzene rings is 1. The molecule has 0 unspecified atom stereocenters. The Balaban J connectivity index is 1.72. The van der Waals surface area contributed by atoms with E-state index in [2.05, 4.69) is 5.32 Å². The molecule has 0 aliphatic carbocycles. The van der Waals surface area contributed by atoms with Gasteiger partial charge in [0.1, 0.15) is 6.54 Å². The van der Waals surface area contributed by atoms with Gasteiger partial charge in [-0.2, -0.15) is 0 Å². The molecule has 0 atom stereocenters. The second-order valence-corrected chi connectivity index (χ2v) is 6.15. The smallest absolute Gasteiger partial charge is 0.340 e. The Morgan fingerprint density at radius 1 is 1.23 bits per heavy atom. The number of para-hydroxylation sites is 2. The van der Waals surface area contributed by atoms with Gasteiger partial charge < -0.3 is 14.6 Å². The topological polar surface area (TPSA) is 80.6 Å². The van der Waals surface area contributed by atoms with Gasteiger partial charge in [-0.25, -0.2) is 4.79 Å². The zero-order chi connectivity index (χ0) is 18.8. The number of hydrogen-bond donors (Lipinski definition) is 1. The molecular weight excluding hydrogens is 334 g/mol. The van der Waals surface area contributed by atoms with Crippen molar-refractivity contribution >= 4 is 29.2 Å². The summed E-state index contributed by atoms with van der Waals surface area (Å²) in [5.41, 5.74) is 3.39. The lowest BCUT2D eigenvalue weighted by atomic mass is 10.2. The molecule has 1 aliphatic heterocycles. The van der Waals surface area contributed by atoms with Gasteiger partial charge in [-0.1, -0.05) is 12.1 Å². The Bertz CT molecular complexity index is 885. The van der Waals surface area contributed by atoms with E-state index in [4.69, 9.17) is 4.74 Å². The molecule has 0 saturated carbocycles. The van der Waals surface area contributed by atoms with Crippen LogP contribution in [0.15, 0.2) is 30.3 Å². The summed E-state index contributed by atoms with van der Waals surface area (Å²) in [6, 6.07) is 8.77. The maximum Gasteiger partial charge on any atom is 0.340 e. The third-order valence-electron chi connectivity index (χ3n) is 4.51. The minimum Gasteiger partial charge on any atom is -0.452 e. The highest BCUT2D eigenvalue weighted by Gasteiger charge is 2.27. The van der Waals surface area contributed by atoms with Crippen LogP contribution >= 0.6 is 0 Å². The van der Waals surface area contributed by atoms with Crippen LogP contribution in [0.5, 0.6) is 0 Å². The molecule has 26 heavy (non-hydrogen) atoms. The minimum atomic E-state index is -0.541. The molecule has 3 rings (SSSR count). The van der Waals surface area contributed by atoms with E-state index in [0.717, 1.165) is 17.9 Å². The molecule has 7 heteroatoms. The fourth-order valence-electron chi connectivity index (χ4n) is 3.23. The molecule has 0 fully saturated rings.